The molecule has 4 nitrogen and oxygen atoms in total. The van der Waals surface area contributed by atoms with Crippen LogP contribution in [0.15, 0.2) is 18.2 Å². The lowest BCUT2D eigenvalue weighted by Gasteiger charge is -2.16. The van der Waals surface area contributed by atoms with Crippen LogP contribution in [0.3, 0.4) is 0 Å². The van der Waals surface area contributed by atoms with Gasteiger partial charge in [0.05, 0.1) is 0 Å². The summed E-state index contributed by atoms with van der Waals surface area (Å²) in [6, 6.07) is 5.59. The molecule has 1 aliphatic rings. The first-order valence-corrected chi connectivity index (χ1v) is 4.37. The molecule has 0 unspecified atom stereocenters. The molecule has 0 spiro atoms. The number of fused-ring (bicyclic) bond motifs is 1. The van der Waals surface area contributed by atoms with Crippen LogP contribution in [-0.2, 0) is 17.8 Å². The van der Waals surface area contributed by atoms with Crippen molar-refractivity contribution in [1.29, 1.82) is 0 Å². The molecule has 1 aromatic rings. The summed E-state index contributed by atoms with van der Waals surface area (Å²) in [5.41, 5.74) is 2.60. The Morgan fingerprint density at radius 3 is 2.79 bits per heavy atom. The highest BCUT2D eigenvalue weighted by molar-refractivity contribution is 5.36. The van der Waals surface area contributed by atoms with Crippen LogP contribution >= 0.6 is 0 Å². The number of hydrogen-bond donors (Lipinski definition) is 3. The molecule has 2 rings (SSSR count). The lowest BCUT2D eigenvalue weighted by molar-refractivity contribution is -0.122. The molecule has 0 radical (unpaired) electrons. The minimum Gasteiger partial charge on any atom is -0.508 e. The van der Waals surface area contributed by atoms with E-state index in [1.165, 1.54) is 11.1 Å². The fourth-order valence-electron chi connectivity index (χ4n) is 1.47. The van der Waals surface area contributed by atoms with Gasteiger partial charge in [0.15, 0.2) is 0 Å². The predicted molar refractivity (Wildman–Crippen MR) is 52.2 cm³/mol. The third-order valence-corrected chi connectivity index (χ3v) is 2.08. The lowest BCUT2D eigenvalue weighted by Crippen LogP contribution is -2.23. The van der Waals surface area contributed by atoms with Crippen molar-refractivity contribution in [2.24, 2.45) is 0 Å². The molecule has 1 aromatic carbocycles. The van der Waals surface area contributed by atoms with Gasteiger partial charge in [-0.2, -0.15) is 0 Å². The van der Waals surface area contributed by atoms with Gasteiger partial charge in [-0.3, -0.25) is 4.79 Å². The Morgan fingerprint density at radius 2 is 2.07 bits per heavy atom. The minimum atomic E-state index is -0.250. The third kappa shape index (κ3) is 2.74. The first-order chi connectivity index (χ1) is 6.77. The number of aromatic hydroxyl groups is 1. The summed E-state index contributed by atoms with van der Waals surface area (Å²) in [6.07, 6.45) is 1.08. The first-order valence-electron chi connectivity index (χ1n) is 4.37. The monoisotopic (exact) mass is 195 g/mol. The van der Waals surface area contributed by atoms with Gasteiger partial charge in [-0.25, -0.2) is 0 Å². The van der Waals surface area contributed by atoms with Crippen LogP contribution in [0.2, 0.25) is 0 Å². The van der Waals surface area contributed by atoms with Crippen LogP contribution in [0, 0.1) is 0 Å². The van der Waals surface area contributed by atoms with Crippen LogP contribution in [0.4, 0.5) is 0 Å². The molecule has 1 aliphatic heterocycles. The highest BCUT2D eigenvalue weighted by Crippen LogP contribution is 2.18. The summed E-state index contributed by atoms with van der Waals surface area (Å²) >= 11 is 0. The quantitative estimate of drug-likeness (QED) is 0.534. The molecular formula is C10H13NO3. The summed E-state index contributed by atoms with van der Waals surface area (Å²) < 4.78 is 0. The number of phenolic OH excluding ortho intramolecular Hbond substituents is 1. The molecule has 14 heavy (non-hydrogen) atoms. The molecule has 0 atom stereocenters. The van der Waals surface area contributed by atoms with E-state index in [-0.39, 0.29) is 6.47 Å². The Hall–Kier alpha value is -1.55. The second kappa shape index (κ2) is 5.24. The Labute approximate surface area is 82.2 Å². The Morgan fingerprint density at radius 1 is 1.36 bits per heavy atom. The van der Waals surface area contributed by atoms with Crippen molar-refractivity contribution < 1.29 is 15.0 Å². The summed E-state index contributed by atoms with van der Waals surface area (Å²) in [5, 5.41) is 19.3. The molecule has 4 heteroatoms. The number of benzene rings is 1. The number of nitrogens with one attached hydrogen (secondary N) is 1. The van der Waals surface area contributed by atoms with E-state index in [1.807, 2.05) is 12.1 Å². The lowest BCUT2D eigenvalue weighted by atomic mass is 10.0. The van der Waals surface area contributed by atoms with Crippen molar-refractivity contribution in [3.8, 4) is 5.75 Å². The van der Waals surface area contributed by atoms with Gasteiger partial charge in [0.25, 0.3) is 6.47 Å². The summed E-state index contributed by atoms with van der Waals surface area (Å²) in [4.78, 5) is 8.36. The van der Waals surface area contributed by atoms with E-state index >= 15 is 0 Å². The van der Waals surface area contributed by atoms with Crippen LogP contribution in [0.25, 0.3) is 0 Å². The maximum atomic E-state index is 9.16. The van der Waals surface area contributed by atoms with Gasteiger partial charge in [0.1, 0.15) is 5.75 Å². The molecule has 0 aromatic heterocycles. The van der Waals surface area contributed by atoms with Gasteiger partial charge in [0.2, 0.25) is 0 Å². The van der Waals surface area contributed by atoms with E-state index in [0.29, 0.717) is 5.75 Å². The molecular weight excluding hydrogens is 182 g/mol. The molecule has 0 saturated heterocycles. The van der Waals surface area contributed by atoms with Gasteiger partial charge in [-0.15, -0.1) is 0 Å². The average Bonchev–Trinajstić information content (AvgIpc) is 2.19. The summed E-state index contributed by atoms with van der Waals surface area (Å²) in [7, 11) is 0. The van der Waals surface area contributed by atoms with Crippen molar-refractivity contribution in [2.75, 3.05) is 6.54 Å². The smallest absolute Gasteiger partial charge is 0.290 e. The molecule has 0 saturated carbocycles. The topological polar surface area (TPSA) is 69.6 Å². The van der Waals surface area contributed by atoms with E-state index < -0.39 is 0 Å². The minimum absolute atomic E-state index is 0.250. The van der Waals surface area contributed by atoms with E-state index in [0.717, 1.165) is 19.5 Å². The van der Waals surface area contributed by atoms with E-state index in [1.54, 1.807) is 6.07 Å². The zero-order chi connectivity index (χ0) is 10.4. The fraction of sp³-hybridized carbons (Fsp3) is 0.300. The van der Waals surface area contributed by atoms with E-state index in [2.05, 4.69) is 5.32 Å². The van der Waals surface area contributed by atoms with Gasteiger partial charge in [-0.1, -0.05) is 6.07 Å². The van der Waals surface area contributed by atoms with Crippen molar-refractivity contribution >= 4 is 6.47 Å². The third-order valence-electron chi connectivity index (χ3n) is 2.08. The number of phenols is 1. The summed E-state index contributed by atoms with van der Waals surface area (Å²) in [6.45, 7) is 1.70. The van der Waals surface area contributed by atoms with Crippen molar-refractivity contribution in [3.05, 3.63) is 29.3 Å². The highest BCUT2D eigenvalue weighted by Gasteiger charge is 2.07. The number of carboxylic acid groups (broad SMARTS) is 1. The number of rotatable bonds is 0. The van der Waals surface area contributed by atoms with Crippen molar-refractivity contribution in [1.82, 2.24) is 5.32 Å². The van der Waals surface area contributed by atoms with Gasteiger partial charge in [-0.05, 0) is 36.2 Å². The standard InChI is InChI=1S/C9H11NO.CH2O2/c11-9-2-1-7-3-4-10-6-8(7)5-9;2-1-3/h1-2,5,10-11H,3-4,6H2;1H,(H,2,3). The van der Waals surface area contributed by atoms with Crippen molar-refractivity contribution in [3.63, 3.8) is 0 Å². The second-order valence-electron chi connectivity index (χ2n) is 2.99. The predicted octanol–water partition coefficient (Wildman–Crippen LogP) is 0.739. The maximum Gasteiger partial charge on any atom is 0.290 e. The molecule has 76 valence electrons. The number of carbonyl (C=O) groups is 1. The number of hydrogen-bond acceptors (Lipinski definition) is 3. The maximum absolute atomic E-state index is 9.16. The molecule has 1 heterocycles. The van der Waals surface area contributed by atoms with Crippen LogP contribution in [-0.4, -0.2) is 23.2 Å². The van der Waals surface area contributed by atoms with E-state index in [9.17, 15) is 0 Å². The normalized spacial score (nSPS) is 13.4. The molecule has 0 bridgehead atoms. The Kier molecular flexibility index (Phi) is 3.94. The second-order valence-corrected chi connectivity index (χ2v) is 2.99. The fourth-order valence-corrected chi connectivity index (χ4v) is 1.47. The van der Waals surface area contributed by atoms with Crippen LogP contribution in [0.5, 0.6) is 5.75 Å². The summed E-state index contributed by atoms with van der Waals surface area (Å²) in [5.74, 6) is 0.368. The SMILES string of the molecule is O=CO.Oc1ccc2c(c1)CNCC2. The highest BCUT2D eigenvalue weighted by atomic mass is 16.3. The van der Waals surface area contributed by atoms with Gasteiger partial charge >= 0.3 is 0 Å². The van der Waals surface area contributed by atoms with Gasteiger partial charge < -0.3 is 15.5 Å². The van der Waals surface area contributed by atoms with Crippen molar-refractivity contribution in [2.45, 2.75) is 13.0 Å². The zero-order valence-electron chi connectivity index (χ0n) is 7.73. The van der Waals surface area contributed by atoms with Crippen LogP contribution < -0.4 is 5.32 Å². The molecule has 0 fully saturated rings. The largest absolute Gasteiger partial charge is 0.508 e. The zero-order valence-corrected chi connectivity index (χ0v) is 7.73. The van der Waals surface area contributed by atoms with Crippen LogP contribution in [0.1, 0.15) is 11.1 Å². The Bertz CT molecular complexity index is 312. The molecule has 0 amide bonds. The molecule has 0 aliphatic carbocycles. The average molecular weight is 195 g/mol. The van der Waals surface area contributed by atoms with Gasteiger partial charge in [0, 0.05) is 6.54 Å². The first kappa shape index (κ1) is 10.5. The Balaban J connectivity index is 0.000000293. The van der Waals surface area contributed by atoms with E-state index in [4.69, 9.17) is 15.0 Å². The molecule has 3 N–H and O–H groups in total.